The molecular weight excluding hydrogens is 396 g/mol. The molecule has 1 spiro atoms. The molecule has 3 aliphatic rings. The lowest BCUT2D eigenvalue weighted by atomic mass is 9.96. The Labute approximate surface area is 185 Å². The molecule has 0 aromatic heterocycles. The normalized spacial score (nSPS) is 19.8. The van der Waals surface area contributed by atoms with Crippen LogP contribution < -0.4 is 9.47 Å². The molecule has 3 heterocycles. The van der Waals surface area contributed by atoms with Crippen molar-refractivity contribution in [2.45, 2.75) is 12.5 Å². The second-order valence-corrected chi connectivity index (χ2v) is 8.25. The number of hydrogen-bond acceptors (Lipinski definition) is 2. The maximum absolute atomic E-state index is 6.84. The third-order valence-electron chi connectivity index (χ3n) is 6.31. The van der Waals surface area contributed by atoms with E-state index in [9.17, 15) is 0 Å². The summed E-state index contributed by atoms with van der Waals surface area (Å²) in [6.45, 7) is 0. The average Bonchev–Trinajstić information content (AvgIpc) is 2.84. The van der Waals surface area contributed by atoms with Gasteiger partial charge in [-0.25, -0.2) is 0 Å². The highest BCUT2D eigenvalue weighted by Gasteiger charge is 2.68. The molecule has 0 saturated heterocycles. The summed E-state index contributed by atoms with van der Waals surface area (Å²) in [7, 11) is 0. The molecular formula is C28H20N2O2+2. The van der Waals surface area contributed by atoms with Crippen molar-refractivity contribution < 1.29 is 18.6 Å². The number of fused-ring (bicyclic) bond motifs is 3. The quantitative estimate of drug-likeness (QED) is 0.418. The van der Waals surface area contributed by atoms with Crippen molar-refractivity contribution in [1.82, 2.24) is 0 Å². The molecule has 0 amide bonds. The third-order valence-corrected chi connectivity index (χ3v) is 6.31. The van der Waals surface area contributed by atoms with Gasteiger partial charge in [-0.1, -0.05) is 59.2 Å². The lowest BCUT2D eigenvalue weighted by molar-refractivity contribution is -0.857. The first-order chi connectivity index (χ1) is 15.8. The summed E-state index contributed by atoms with van der Waals surface area (Å²) < 4.78 is 18.0. The van der Waals surface area contributed by atoms with Gasteiger partial charge in [-0.3, -0.25) is 0 Å². The van der Waals surface area contributed by atoms with E-state index in [4.69, 9.17) is 9.47 Å². The number of hydrogen-bond donors (Lipinski definition) is 0. The molecule has 0 saturated carbocycles. The number of para-hydroxylation sites is 3. The SMILES string of the molecule is C1=[N+](c2ccccc2)[C@@]23Oc4cc(ccc41)CC(=[N+]2c1ccccc1)c1ccccc1O3. The molecule has 3 aliphatic heterocycles. The average molecular weight is 416 g/mol. The summed E-state index contributed by atoms with van der Waals surface area (Å²) in [5.74, 6) is 1.65. The van der Waals surface area contributed by atoms with Gasteiger partial charge in [0.1, 0.15) is 0 Å². The third kappa shape index (κ3) is 2.38. The summed E-state index contributed by atoms with van der Waals surface area (Å²) in [5, 5.41) is 0. The predicted octanol–water partition coefficient (Wildman–Crippen LogP) is 5.24. The molecule has 0 N–H and O–H groups in total. The lowest BCUT2D eigenvalue weighted by Gasteiger charge is -2.34. The Bertz CT molecular complexity index is 1440. The van der Waals surface area contributed by atoms with Crippen molar-refractivity contribution in [2.75, 3.05) is 0 Å². The Hall–Kier alpha value is -4.18. The summed E-state index contributed by atoms with van der Waals surface area (Å²) in [6, 6.07) is 34.1. The van der Waals surface area contributed by atoms with Gasteiger partial charge in [0.25, 0.3) is 0 Å². The van der Waals surface area contributed by atoms with Crippen LogP contribution in [0.15, 0.2) is 103 Å². The molecule has 7 rings (SSSR count). The maximum Gasteiger partial charge on any atom is 0.715 e. The largest absolute Gasteiger partial charge is 0.715 e. The summed E-state index contributed by atoms with van der Waals surface area (Å²) in [4.78, 5) is 0. The van der Waals surface area contributed by atoms with Crippen LogP contribution in [0, 0.1) is 0 Å². The molecule has 4 aromatic carbocycles. The van der Waals surface area contributed by atoms with E-state index in [0.717, 1.165) is 46.1 Å². The number of ether oxygens (including phenoxy) is 2. The molecule has 0 radical (unpaired) electrons. The minimum Gasteiger partial charge on any atom is -0.340 e. The van der Waals surface area contributed by atoms with Gasteiger partial charge in [-0.15, -0.1) is 0 Å². The fourth-order valence-electron chi connectivity index (χ4n) is 4.88. The van der Waals surface area contributed by atoms with Gasteiger partial charge in [0.05, 0.1) is 17.5 Å². The van der Waals surface area contributed by atoms with Crippen LogP contribution in [-0.4, -0.2) is 27.1 Å². The Kier molecular flexibility index (Phi) is 3.50. The first-order valence-electron chi connectivity index (χ1n) is 10.8. The van der Waals surface area contributed by atoms with E-state index < -0.39 is 6.03 Å². The highest BCUT2D eigenvalue weighted by atomic mass is 16.7. The van der Waals surface area contributed by atoms with Crippen molar-refractivity contribution >= 4 is 23.3 Å². The molecule has 0 fully saturated rings. The van der Waals surface area contributed by atoms with Crippen LogP contribution in [-0.2, 0) is 6.42 Å². The molecule has 4 nitrogen and oxygen atoms in total. The Balaban J connectivity index is 1.64. The first kappa shape index (κ1) is 17.5. The van der Waals surface area contributed by atoms with Gasteiger partial charge >= 0.3 is 6.03 Å². The second kappa shape index (κ2) is 6.41. The molecule has 0 unspecified atom stereocenters. The van der Waals surface area contributed by atoms with E-state index in [1.807, 2.05) is 36.4 Å². The van der Waals surface area contributed by atoms with Crippen molar-refractivity contribution in [3.63, 3.8) is 0 Å². The van der Waals surface area contributed by atoms with Crippen molar-refractivity contribution in [3.8, 4) is 11.5 Å². The van der Waals surface area contributed by atoms with E-state index >= 15 is 0 Å². The minimum absolute atomic E-state index is 0.774. The minimum atomic E-state index is -1.22. The molecule has 1 atom stereocenters. The highest BCUT2D eigenvalue weighted by molar-refractivity contribution is 6.02. The molecule has 152 valence electrons. The van der Waals surface area contributed by atoms with Crippen LogP contribution in [0.1, 0.15) is 16.7 Å². The van der Waals surface area contributed by atoms with Crippen LogP contribution in [0.2, 0.25) is 0 Å². The molecule has 32 heavy (non-hydrogen) atoms. The second-order valence-electron chi connectivity index (χ2n) is 8.25. The van der Waals surface area contributed by atoms with Crippen LogP contribution in [0.4, 0.5) is 11.4 Å². The van der Waals surface area contributed by atoms with Crippen LogP contribution in [0.5, 0.6) is 11.5 Å². The topological polar surface area (TPSA) is 24.5 Å². The fourth-order valence-corrected chi connectivity index (χ4v) is 4.88. The Morgan fingerprint density at radius 3 is 2.16 bits per heavy atom. The summed E-state index contributed by atoms with van der Waals surface area (Å²) >= 11 is 0. The van der Waals surface area contributed by atoms with E-state index in [1.165, 1.54) is 5.56 Å². The zero-order valence-electron chi connectivity index (χ0n) is 17.3. The van der Waals surface area contributed by atoms with Gasteiger partial charge < -0.3 is 9.47 Å². The molecule has 4 bridgehead atoms. The Morgan fingerprint density at radius 2 is 1.34 bits per heavy atom. The standard InChI is InChI=1S/C28H20N2O2/c1-3-9-22(10-4-1)29-19-21-16-15-20-17-25-24-13-7-8-14-26(24)31-28(29,32-27(21)18-20)30(25)23-11-5-2-6-12-23/h1-16,18-19H,17H2/q+2/t28-/m1/s1. The summed E-state index contributed by atoms with van der Waals surface area (Å²) in [6.07, 6.45) is 2.90. The van der Waals surface area contributed by atoms with Crippen LogP contribution >= 0.6 is 0 Å². The zero-order valence-corrected chi connectivity index (χ0v) is 17.3. The summed E-state index contributed by atoms with van der Waals surface area (Å²) in [5.41, 5.74) is 6.47. The van der Waals surface area contributed by atoms with Gasteiger partial charge in [-0.05, 0) is 34.4 Å². The van der Waals surface area contributed by atoms with Gasteiger partial charge in [0, 0.05) is 24.3 Å². The van der Waals surface area contributed by atoms with Gasteiger partial charge in [-0.2, -0.15) is 0 Å². The maximum atomic E-state index is 6.84. The van der Waals surface area contributed by atoms with E-state index in [-0.39, 0.29) is 0 Å². The number of benzene rings is 4. The van der Waals surface area contributed by atoms with Crippen LogP contribution in [0.25, 0.3) is 0 Å². The Morgan fingerprint density at radius 1 is 0.656 bits per heavy atom. The number of rotatable bonds is 2. The molecule has 4 aromatic rings. The van der Waals surface area contributed by atoms with E-state index in [0.29, 0.717) is 0 Å². The highest BCUT2D eigenvalue weighted by Crippen LogP contribution is 2.43. The smallest absolute Gasteiger partial charge is 0.340 e. The van der Waals surface area contributed by atoms with Gasteiger partial charge in [0.15, 0.2) is 17.7 Å². The number of nitrogens with zero attached hydrogens (tertiary/aromatic N) is 2. The van der Waals surface area contributed by atoms with Crippen molar-refractivity contribution in [3.05, 3.63) is 120 Å². The lowest BCUT2D eigenvalue weighted by Crippen LogP contribution is -2.63. The first-order valence-corrected chi connectivity index (χ1v) is 10.8. The van der Waals surface area contributed by atoms with Crippen molar-refractivity contribution in [2.24, 2.45) is 0 Å². The molecule has 0 aliphatic carbocycles. The van der Waals surface area contributed by atoms with E-state index in [2.05, 4.69) is 82.1 Å². The zero-order chi connectivity index (χ0) is 21.1. The van der Waals surface area contributed by atoms with Crippen LogP contribution in [0.3, 0.4) is 0 Å². The van der Waals surface area contributed by atoms with Gasteiger partial charge in [0.2, 0.25) is 17.1 Å². The molecule has 4 heteroatoms. The predicted molar refractivity (Wildman–Crippen MR) is 123 cm³/mol. The fraction of sp³-hybridized carbons (Fsp3) is 0.0714. The van der Waals surface area contributed by atoms with Crippen molar-refractivity contribution in [1.29, 1.82) is 0 Å². The monoisotopic (exact) mass is 416 g/mol. The van der Waals surface area contributed by atoms with E-state index in [1.54, 1.807) is 0 Å².